The first-order valence-corrected chi connectivity index (χ1v) is 7.42. The molecule has 1 fully saturated rings. The lowest BCUT2D eigenvalue weighted by Gasteiger charge is -2.31. The molecule has 0 aliphatic carbocycles. The average molecular weight is 297 g/mol. The second kappa shape index (κ2) is 6.15. The van der Waals surface area contributed by atoms with Gasteiger partial charge in [-0.2, -0.15) is 0 Å². The van der Waals surface area contributed by atoms with Crippen molar-refractivity contribution in [2.24, 2.45) is 0 Å². The Morgan fingerprint density at radius 1 is 0.955 bits per heavy atom. The van der Waals surface area contributed by atoms with Crippen LogP contribution >= 0.6 is 0 Å². The number of carbonyl (C=O) groups excluding carboxylic acids is 2. The minimum Gasteiger partial charge on any atom is -0.332 e. The summed E-state index contributed by atoms with van der Waals surface area (Å²) < 4.78 is 0. The molecule has 114 valence electrons. The number of nitrogens with zero attached hydrogens (tertiary/aromatic N) is 2. The second-order valence-electron chi connectivity index (χ2n) is 5.58. The highest BCUT2D eigenvalue weighted by atomic mass is 16.2. The number of piperazine rings is 1. The molecule has 1 aliphatic rings. The van der Waals surface area contributed by atoms with Crippen molar-refractivity contribution in [2.45, 2.75) is 0 Å². The summed E-state index contributed by atoms with van der Waals surface area (Å²) in [6.07, 6.45) is 0. The summed E-state index contributed by atoms with van der Waals surface area (Å²) in [6.45, 7) is 2.79. The molecule has 0 saturated carbocycles. The second-order valence-corrected chi connectivity index (χ2v) is 5.58. The van der Waals surface area contributed by atoms with E-state index in [0.29, 0.717) is 18.8 Å². The molecule has 5 heteroatoms. The van der Waals surface area contributed by atoms with Crippen LogP contribution in [0.1, 0.15) is 0 Å². The van der Waals surface area contributed by atoms with E-state index in [1.165, 1.54) is 0 Å². The molecule has 2 amide bonds. The van der Waals surface area contributed by atoms with E-state index in [9.17, 15) is 9.59 Å². The smallest absolute Gasteiger partial charge is 0.313 e. The van der Waals surface area contributed by atoms with Gasteiger partial charge < -0.3 is 15.1 Å². The normalized spacial score (nSPS) is 15.8. The van der Waals surface area contributed by atoms with Crippen LogP contribution in [-0.2, 0) is 9.59 Å². The third-order valence-electron chi connectivity index (χ3n) is 4.02. The van der Waals surface area contributed by atoms with Crippen LogP contribution in [0, 0.1) is 0 Å². The highest BCUT2D eigenvalue weighted by molar-refractivity contribution is 6.40. The molecule has 0 spiro atoms. The Morgan fingerprint density at radius 3 is 2.41 bits per heavy atom. The lowest BCUT2D eigenvalue weighted by Crippen LogP contribution is -2.50. The van der Waals surface area contributed by atoms with Gasteiger partial charge in [0.2, 0.25) is 0 Å². The molecule has 1 aliphatic heterocycles. The first kappa shape index (κ1) is 14.5. The van der Waals surface area contributed by atoms with Crippen molar-refractivity contribution in [3.8, 4) is 0 Å². The predicted molar refractivity (Wildman–Crippen MR) is 86.7 cm³/mol. The van der Waals surface area contributed by atoms with Gasteiger partial charge in [-0.25, -0.2) is 0 Å². The number of benzene rings is 2. The van der Waals surface area contributed by atoms with E-state index < -0.39 is 11.8 Å². The monoisotopic (exact) mass is 297 g/mol. The number of nitrogens with one attached hydrogen (secondary N) is 1. The van der Waals surface area contributed by atoms with Crippen LogP contribution in [0.4, 0.5) is 5.69 Å². The highest BCUT2D eigenvalue weighted by Gasteiger charge is 2.25. The lowest BCUT2D eigenvalue weighted by atomic mass is 10.1. The fourth-order valence-corrected chi connectivity index (χ4v) is 2.66. The zero-order valence-electron chi connectivity index (χ0n) is 12.6. The maximum absolute atomic E-state index is 12.2. The summed E-state index contributed by atoms with van der Waals surface area (Å²) >= 11 is 0. The lowest BCUT2D eigenvalue weighted by molar-refractivity contribution is -0.144. The van der Waals surface area contributed by atoms with E-state index in [4.69, 9.17) is 0 Å². The van der Waals surface area contributed by atoms with Crippen molar-refractivity contribution in [1.29, 1.82) is 0 Å². The minimum absolute atomic E-state index is 0.457. The number of anilines is 1. The van der Waals surface area contributed by atoms with Gasteiger partial charge in [-0.3, -0.25) is 9.59 Å². The summed E-state index contributed by atoms with van der Waals surface area (Å²) in [5, 5.41) is 4.72. The molecule has 5 nitrogen and oxygen atoms in total. The van der Waals surface area contributed by atoms with E-state index in [1.54, 1.807) is 4.90 Å². The topological polar surface area (TPSA) is 52.7 Å². The number of carbonyl (C=O) groups is 2. The van der Waals surface area contributed by atoms with Gasteiger partial charge in [0.25, 0.3) is 0 Å². The molecule has 0 aromatic heterocycles. The molecule has 0 radical (unpaired) electrons. The number of rotatable bonds is 1. The summed E-state index contributed by atoms with van der Waals surface area (Å²) in [6, 6.07) is 13.4. The Morgan fingerprint density at radius 2 is 1.64 bits per heavy atom. The van der Waals surface area contributed by atoms with Crippen molar-refractivity contribution < 1.29 is 9.59 Å². The number of likely N-dealkylation sites (N-methyl/N-ethyl adjacent to an activating group) is 1. The summed E-state index contributed by atoms with van der Waals surface area (Å²) in [5.41, 5.74) is 0.672. The van der Waals surface area contributed by atoms with Gasteiger partial charge in [0, 0.05) is 37.3 Å². The van der Waals surface area contributed by atoms with Crippen molar-refractivity contribution in [1.82, 2.24) is 9.80 Å². The molecular formula is C17H19N3O2. The Balaban J connectivity index is 1.74. The van der Waals surface area contributed by atoms with Gasteiger partial charge in [0.05, 0.1) is 0 Å². The fraction of sp³-hybridized carbons (Fsp3) is 0.294. The zero-order valence-corrected chi connectivity index (χ0v) is 12.6. The molecule has 1 N–H and O–H groups in total. The quantitative estimate of drug-likeness (QED) is 0.813. The predicted octanol–water partition coefficient (Wildman–Crippen LogP) is 1.55. The highest BCUT2D eigenvalue weighted by Crippen LogP contribution is 2.22. The van der Waals surface area contributed by atoms with Crippen LogP contribution in [0.15, 0.2) is 42.5 Å². The maximum Gasteiger partial charge on any atom is 0.313 e. The van der Waals surface area contributed by atoms with Gasteiger partial charge in [-0.15, -0.1) is 0 Å². The molecule has 2 aromatic rings. The molecule has 0 unspecified atom stereocenters. The fourth-order valence-electron chi connectivity index (χ4n) is 2.66. The van der Waals surface area contributed by atoms with Gasteiger partial charge >= 0.3 is 11.8 Å². The van der Waals surface area contributed by atoms with Crippen LogP contribution in [0.5, 0.6) is 0 Å². The number of hydrogen-bond donors (Lipinski definition) is 1. The van der Waals surface area contributed by atoms with Crippen LogP contribution in [0.3, 0.4) is 0 Å². The van der Waals surface area contributed by atoms with Crippen LogP contribution in [-0.4, -0.2) is 54.8 Å². The standard InChI is InChI=1S/C17H19N3O2/c1-19-9-11-20(12-10-19)17(22)16(21)18-15-8-4-6-13-5-2-3-7-14(13)15/h2-8H,9-12H2,1H3,(H,18,21). The third kappa shape index (κ3) is 2.94. The Kier molecular flexibility index (Phi) is 4.06. The third-order valence-corrected chi connectivity index (χ3v) is 4.02. The minimum atomic E-state index is -0.569. The van der Waals surface area contributed by atoms with E-state index in [1.807, 2.05) is 49.5 Å². The van der Waals surface area contributed by atoms with E-state index in [0.717, 1.165) is 23.9 Å². The number of fused-ring (bicyclic) bond motifs is 1. The average Bonchev–Trinajstić information content (AvgIpc) is 2.55. The Labute approximate surface area is 129 Å². The molecule has 2 aromatic carbocycles. The molecule has 22 heavy (non-hydrogen) atoms. The maximum atomic E-state index is 12.2. The van der Waals surface area contributed by atoms with Gasteiger partial charge in [0.1, 0.15) is 0 Å². The van der Waals surface area contributed by atoms with Crippen LogP contribution in [0.2, 0.25) is 0 Å². The van der Waals surface area contributed by atoms with Gasteiger partial charge in [-0.1, -0.05) is 36.4 Å². The summed E-state index contributed by atoms with van der Waals surface area (Å²) in [7, 11) is 2.01. The molecule has 3 rings (SSSR count). The van der Waals surface area contributed by atoms with Crippen molar-refractivity contribution in [3.63, 3.8) is 0 Å². The Hall–Kier alpha value is -2.40. The first-order valence-electron chi connectivity index (χ1n) is 7.42. The molecule has 1 saturated heterocycles. The van der Waals surface area contributed by atoms with Crippen molar-refractivity contribution in [3.05, 3.63) is 42.5 Å². The van der Waals surface area contributed by atoms with Crippen LogP contribution < -0.4 is 5.32 Å². The largest absolute Gasteiger partial charge is 0.332 e. The van der Waals surface area contributed by atoms with Crippen molar-refractivity contribution >= 4 is 28.3 Å². The summed E-state index contributed by atoms with van der Waals surface area (Å²) in [5.74, 6) is -1.03. The SMILES string of the molecule is CN1CCN(C(=O)C(=O)Nc2cccc3ccccc23)CC1. The molecule has 0 atom stereocenters. The first-order chi connectivity index (χ1) is 10.6. The number of amides is 2. The molecule has 0 bridgehead atoms. The van der Waals surface area contributed by atoms with Crippen LogP contribution in [0.25, 0.3) is 10.8 Å². The van der Waals surface area contributed by atoms with Gasteiger partial charge in [0.15, 0.2) is 0 Å². The molecule has 1 heterocycles. The zero-order chi connectivity index (χ0) is 15.5. The van der Waals surface area contributed by atoms with E-state index in [2.05, 4.69) is 10.2 Å². The Bertz CT molecular complexity index is 701. The van der Waals surface area contributed by atoms with Gasteiger partial charge in [-0.05, 0) is 18.5 Å². The van der Waals surface area contributed by atoms with E-state index in [-0.39, 0.29) is 0 Å². The molecular weight excluding hydrogens is 278 g/mol. The van der Waals surface area contributed by atoms with E-state index >= 15 is 0 Å². The number of hydrogen-bond acceptors (Lipinski definition) is 3. The summed E-state index contributed by atoms with van der Waals surface area (Å²) in [4.78, 5) is 28.2. The van der Waals surface area contributed by atoms with Crippen molar-refractivity contribution in [2.75, 3.05) is 38.5 Å².